The molecule has 22 heavy (non-hydrogen) atoms. The summed E-state index contributed by atoms with van der Waals surface area (Å²) in [5.74, 6) is 0.829. The van der Waals surface area contributed by atoms with Crippen LogP contribution in [0.15, 0.2) is 16.6 Å². The van der Waals surface area contributed by atoms with Gasteiger partial charge in [-0.25, -0.2) is 0 Å². The van der Waals surface area contributed by atoms with Crippen molar-refractivity contribution in [3.05, 3.63) is 22.2 Å². The molecule has 124 valence electrons. The van der Waals surface area contributed by atoms with Crippen LogP contribution in [-0.4, -0.2) is 33.5 Å². The van der Waals surface area contributed by atoms with Gasteiger partial charge in [0.15, 0.2) is 11.5 Å². The van der Waals surface area contributed by atoms with Gasteiger partial charge in [0, 0.05) is 19.7 Å². The van der Waals surface area contributed by atoms with E-state index in [9.17, 15) is 8.78 Å². The van der Waals surface area contributed by atoms with Crippen LogP contribution in [0, 0.1) is 5.92 Å². The van der Waals surface area contributed by atoms with E-state index in [0.29, 0.717) is 16.9 Å². The Bertz CT molecular complexity index is 482. The molecule has 1 N–H and O–H groups in total. The summed E-state index contributed by atoms with van der Waals surface area (Å²) < 4.78 is 40.3. The predicted molar refractivity (Wildman–Crippen MR) is 82.6 cm³/mol. The van der Waals surface area contributed by atoms with Gasteiger partial charge in [-0.1, -0.05) is 0 Å². The summed E-state index contributed by atoms with van der Waals surface area (Å²) >= 11 is 3.25. The first-order valence-corrected chi connectivity index (χ1v) is 7.99. The zero-order chi connectivity index (χ0) is 15.9. The maximum Gasteiger partial charge on any atom is 0.387 e. The molecule has 1 aliphatic rings. The van der Waals surface area contributed by atoms with Gasteiger partial charge in [0.2, 0.25) is 0 Å². The summed E-state index contributed by atoms with van der Waals surface area (Å²) in [6, 6.07) is 3.46. The number of methoxy groups -OCH3 is 1. The third-order valence-electron chi connectivity index (χ3n) is 3.51. The average molecular weight is 380 g/mol. The van der Waals surface area contributed by atoms with E-state index in [0.717, 1.165) is 31.7 Å². The second-order valence-electron chi connectivity index (χ2n) is 5.20. The molecule has 1 aliphatic heterocycles. The fraction of sp³-hybridized carbons (Fsp3) is 0.600. The summed E-state index contributed by atoms with van der Waals surface area (Å²) in [5, 5.41) is 3.36. The van der Waals surface area contributed by atoms with Crippen LogP contribution in [0.4, 0.5) is 8.78 Å². The second kappa shape index (κ2) is 8.64. The summed E-state index contributed by atoms with van der Waals surface area (Å²) in [5.41, 5.74) is 0.932. The molecule has 1 unspecified atom stereocenters. The number of nitrogens with one attached hydrogen (secondary N) is 1. The van der Waals surface area contributed by atoms with Crippen LogP contribution in [0.2, 0.25) is 0 Å². The average Bonchev–Trinajstić information content (AvgIpc) is 2.50. The second-order valence-corrected chi connectivity index (χ2v) is 6.06. The smallest absolute Gasteiger partial charge is 0.387 e. The Kier molecular flexibility index (Phi) is 6.85. The number of halogens is 3. The van der Waals surface area contributed by atoms with Crippen molar-refractivity contribution >= 4 is 15.9 Å². The normalized spacial score (nSPS) is 18.5. The van der Waals surface area contributed by atoms with Crippen molar-refractivity contribution in [1.29, 1.82) is 0 Å². The SMILES string of the molecule is COc1cc(CNCC2CCCOC2)cc(Br)c1OC(F)F. The topological polar surface area (TPSA) is 39.7 Å². The molecule has 1 aromatic carbocycles. The maximum absolute atomic E-state index is 12.4. The molecule has 1 fully saturated rings. The van der Waals surface area contributed by atoms with Crippen molar-refractivity contribution in [3.63, 3.8) is 0 Å². The number of hydrogen-bond donors (Lipinski definition) is 1. The fourth-order valence-electron chi connectivity index (χ4n) is 2.47. The molecule has 1 heterocycles. The highest BCUT2D eigenvalue weighted by atomic mass is 79.9. The van der Waals surface area contributed by atoms with E-state index in [1.165, 1.54) is 13.5 Å². The monoisotopic (exact) mass is 379 g/mol. The quantitative estimate of drug-likeness (QED) is 0.785. The van der Waals surface area contributed by atoms with Crippen molar-refractivity contribution in [2.75, 3.05) is 26.9 Å². The van der Waals surface area contributed by atoms with Gasteiger partial charge in [-0.15, -0.1) is 0 Å². The van der Waals surface area contributed by atoms with Gasteiger partial charge < -0.3 is 19.5 Å². The minimum Gasteiger partial charge on any atom is -0.493 e. The third kappa shape index (κ3) is 5.07. The summed E-state index contributed by atoms with van der Waals surface area (Å²) in [4.78, 5) is 0. The van der Waals surface area contributed by atoms with Crippen molar-refractivity contribution in [1.82, 2.24) is 5.32 Å². The molecule has 4 nitrogen and oxygen atoms in total. The van der Waals surface area contributed by atoms with Crippen LogP contribution in [0.1, 0.15) is 18.4 Å². The highest BCUT2D eigenvalue weighted by Gasteiger charge is 2.17. The Morgan fingerprint density at radius 1 is 1.45 bits per heavy atom. The van der Waals surface area contributed by atoms with Crippen molar-refractivity contribution in [2.45, 2.75) is 26.0 Å². The molecule has 0 aliphatic carbocycles. The van der Waals surface area contributed by atoms with Crippen molar-refractivity contribution in [3.8, 4) is 11.5 Å². The number of rotatable bonds is 7. The molecule has 0 amide bonds. The van der Waals surface area contributed by atoms with Crippen LogP contribution in [0.25, 0.3) is 0 Å². The summed E-state index contributed by atoms with van der Waals surface area (Å²) in [7, 11) is 1.43. The van der Waals surface area contributed by atoms with Crippen molar-refractivity contribution < 1.29 is 23.0 Å². The van der Waals surface area contributed by atoms with E-state index in [1.54, 1.807) is 12.1 Å². The minimum atomic E-state index is -2.89. The molecule has 7 heteroatoms. The van der Waals surface area contributed by atoms with E-state index < -0.39 is 6.61 Å². The van der Waals surface area contributed by atoms with E-state index in [2.05, 4.69) is 26.0 Å². The molecule has 1 saturated heterocycles. The van der Waals surface area contributed by atoms with Gasteiger partial charge in [-0.05, 0) is 52.4 Å². The van der Waals surface area contributed by atoms with E-state index >= 15 is 0 Å². The molecule has 2 rings (SSSR count). The van der Waals surface area contributed by atoms with Gasteiger partial charge in [0.1, 0.15) is 0 Å². The third-order valence-corrected chi connectivity index (χ3v) is 4.10. The standard InChI is InChI=1S/C15H20BrF2NO3/c1-20-13-6-11(5-12(16)14(13)22-15(17)18)8-19-7-10-3-2-4-21-9-10/h5-6,10,15,19H,2-4,7-9H2,1H3. The number of benzene rings is 1. The molecular weight excluding hydrogens is 360 g/mol. The lowest BCUT2D eigenvalue weighted by Gasteiger charge is -2.22. The van der Waals surface area contributed by atoms with Crippen molar-refractivity contribution in [2.24, 2.45) is 5.92 Å². The Morgan fingerprint density at radius 3 is 2.91 bits per heavy atom. The molecule has 0 saturated carbocycles. The first-order chi connectivity index (χ1) is 10.6. The van der Waals surface area contributed by atoms with Crippen LogP contribution < -0.4 is 14.8 Å². The zero-order valence-electron chi connectivity index (χ0n) is 12.4. The molecule has 1 aromatic rings. The predicted octanol–water partition coefficient (Wildman–Crippen LogP) is 3.58. The first-order valence-electron chi connectivity index (χ1n) is 7.20. The largest absolute Gasteiger partial charge is 0.493 e. The summed E-state index contributed by atoms with van der Waals surface area (Å²) in [6.45, 7) is 0.253. The van der Waals surface area contributed by atoms with Gasteiger partial charge >= 0.3 is 6.61 Å². The van der Waals surface area contributed by atoms with Gasteiger partial charge in [-0.3, -0.25) is 0 Å². The lowest BCUT2D eigenvalue weighted by atomic mass is 10.0. The Hall–Kier alpha value is -0.920. The van der Waals surface area contributed by atoms with Gasteiger partial charge in [0.25, 0.3) is 0 Å². The minimum absolute atomic E-state index is 0.0157. The Morgan fingerprint density at radius 2 is 2.27 bits per heavy atom. The molecule has 1 atom stereocenters. The van der Waals surface area contributed by atoms with Gasteiger partial charge in [0.05, 0.1) is 18.2 Å². The molecule has 0 bridgehead atoms. The Labute approximate surface area is 137 Å². The van der Waals surface area contributed by atoms with Crippen LogP contribution in [-0.2, 0) is 11.3 Å². The lowest BCUT2D eigenvalue weighted by Crippen LogP contribution is -2.28. The van der Waals surface area contributed by atoms with E-state index in [-0.39, 0.29) is 11.5 Å². The summed E-state index contributed by atoms with van der Waals surface area (Å²) in [6.07, 6.45) is 2.27. The highest BCUT2D eigenvalue weighted by molar-refractivity contribution is 9.10. The zero-order valence-corrected chi connectivity index (χ0v) is 14.0. The van der Waals surface area contributed by atoms with Gasteiger partial charge in [-0.2, -0.15) is 8.78 Å². The number of alkyl halides is 2. The number of ether oxygens (including phenoxy) is 3. The van der Waals surface area contributed by atoms with Crippen LogP contribution in [0.3, 0.4) is 0 Å². The maximum atomic E-state index is 12.4. The fourth-order valence-corrected chi connectivity index (χ4v) is 3.05. The molecule has 0 aromatic heterocycles. The van der Waals surface area contributed by atoms with E-state index in [1.807, 2.05) is 0 Å². The molecule has 0 radical (unpaired) electrons. The lowest BCUT2D eigenvalue weighted by molar-refractivity contribution is -0.0517. The molecular formula is C15H20BrF2NO3. The highest BCUT2D eigenvalue weighted by Crippen LogP contribution is 2.37. The Balaban J connectivity index is 1.94. The molecule has 0 spiro atoms. The van der Waals surface area contributed by atoms with Crippen LogP contribution in [0.5, 0.6) is 11.5 Å². The van der Waals surface area contributed by atoms with E-state index in [4.69, 9.17) is 9.47 Å². The number of hydrogen-bond acceptors (Lipinski definition) is 4. The first kappa shape index (κ1) is 17.4. The van der Waals surface area contributed by atoms with Crippen LogP contribution >= 0.6 is 15.9 Å².